The van der Waals surface area contributed by atoms with Gasteiger partial charge in [-0.1, -0.05) is 18.2 Å². The second-order valence-electron chi connectivity index (χ2n) is 5.36. The van der Waals surface area contributed by atoms with Crippen LogP contribution in [0, 0.1) is 6.92 Å². The number of aryl methyl sites for hydroxylation is 1. The first-order chi connectivity index (χ1) is 10.0. The van der Waals surface area contributed by atoms with Gasteiger partial charge in [-0.15, -0.1) is 0 Å². The van der Waals surface area contributed by atoms with Crippen LogP contribution in [0.3, 0.4) is 0 Å². The maximum atomic E-state index is 12.0. The predicted octanol–water partition coefficient (Wildman–Crippen LogP) is 3.66. The maximum Gasteiger partial charge on any atom is 0.225 e. The standard InChI is InChI=1S/C17H22N2O2/c1-12(18-14(3)16-10-9-13(2)21-16)11-17(20)19-15-7-5-4-6-8-15/h4-10,12,14,18H,11H2,1-3H3,(H,19,20). The topological polar surface area (TPSA) is 54.3 Å². The Balaban J connectivity index is 1.81. The summed E-state index contributed by atoms with van der Waals surface area (Å²) in [5.41, 5.74) is 0.824. The van der Waals surface area contributed by atoms with E-state index in [0.29, 0.717) is 6.42 Å². The minimum atomic E-state index is 0.00373. The highest BCUT2D eigenvalue weighted by Crippen LogP contribution is 2.16. The number of hydrogen-bond acceptors (Lipinski definition) is 3. The molecule has 0 bridgehead atoms. The number of carbonyl (C=O) groups is 1. The van der Waals surface area contributed by atoms with E-state index in [-0.39, 0.29) is 18.0 Å². The first kappa shape index (κ1) is 15.3. The van der Waals surface area contributed by atoms with Crippen LogP contribution in [0.1, 0.15) is 37.8 Å². The average molecular weight is 286 g/mol. The molecule has 112 valence electrons. The third-order valence-corrected chi connectivity index (χ3v) is 3.27. The van der Waals surface area contributed by atoms with Crippen molar-refractivity contribution in [2.75, 3.05) is 5.32 Å². The van der Waals surface area contributed by atoms with Crippen LogP contribution >= 0.6 is 0 Å². The lowest BCUT2D eigenvalue weighted by molar-refractivity contribution is -0.116. The molecule has 0 saturated heterocycles. The van der Waals surface area contributed by atoms with Crippen molar-refractivity contribution < 1.29 is 9.21 Å². The van der Waals surface area contributed by atoms with Crippen molar-refractivity contribution in [1.29, 1.82) is 0 Å². The molecule has 1 amide bonds. The zero-order valence-electron chi connectivity index (χ0n) is 12.7. The third-order valence-electron chi connectivity index (χ3n) is 3.27. The largest absolute Gasteiger partial charge is 0.465 e. The smallest absolute Gasteiger partial charge is 0.225 e. The molecule has 1 aromatic carbocycles. The van der Waals surface area contributed by atoms with E-state index in [9.17, 15) is 4.79 Å². The van der Waals surface area contributed by atoms with Crippen LogP contribution < -0.4 is 10.6 Å². The molecule has 2 atom stereocenters. The molecule has 0 aliphatic rings. The van der Waals surface area contributed by atoms with Crippen molar-refractivity contribution in [3.05, 3.63) is 54.0 Å². The van der Waals surface area contributed by atoms with Crippen LogP contribution in [-0.2, 0) is 4.79 Å². The molecule has 0 fully saturated rings. The fraction of sp³-hybridized carbons (Fsp3) is 0.353. The van der Waals surface area contributed by atoms with Crippen LogP contribution in [0.15, 0.2) is 46.9 Å². The van der Waals surface area contributed by atoms with Crippen LogP contribution in [0.4, 0.5) is 5.69 Å². The summed E-state index contributed by atoms with van der Waals surface area (Å²) in [6.07, 6.45) is 0.416. The summed E-state index contributed by atoms with van der Waals surface area (Å²) in [5, 5.41) is 6.26. The molecular formula is C17H22N2O2. The molecule has 0 radical (unpaired) electrons. The second kappa shape index (κ2) is 7.09. The van der Waals surface area contributed by atoms with Crippen molar-refractivity contribution >= 4 is 11.6 Å². The average Bonchev–Trinajstić information content (AvgIpc) is 2.86. The van der Waals surface area contributed by atoms with E-state index in [1.54, 1.807) is 0 Å². The van der Waals surface area contributed by atoms with Crippen molar-refractivity contribution in [3.8, 4) is 0 Å². The lowest BCUT2D eigenvalue weighted by atomic mass is 10.1. The van der Waals surface area contributed by atoms with Gasteiger partial charge < -0.3 is 15.1 Å². The van der Waals surface area contributed by atoms with Crippen LogP contribution in [-0.4, -0.2) is 11.9 Å². The maximum absolute atomic E-state index is 12.0. The summed E-state index contributed by atoms with van der Waals surface area (Å²) < 4.78 is 5.58. The minimum absolute atomic E-state index is 0.00373. The number of nitrogens with one attached hydrogen (secondary N) is 2. The number of rotatable bonds is 6. The van der Waals surface area contributed by atoms with Gasteiger partial charge in [0, 0.05) is 18.2 Å². The Hall–Kier alpha value is -2.07. The van der Waals surface area contributed by atoms with Gasteiger partial charge in [-0.25, -0.2) is 0 Å². The first-order valence-electron chi connectivity index (χ1n) is 7.22. The zero-order chi connectivity index (χ0) is 15.2. The number of furan rings is 1. The van der Waals surface area contributed by atoms with Gasteiger partial charge in [0.1, 0.15) is 11.5 Å². The molecule has 0 aliphatic carbocycles. The van der Waals surface area contributed by atoms with Gasteiger partial charge in [0.25, 0.3) is 0 Å². The Morgan fingerprint density at radius 3 is 2.48 bits per heavy atom. The predicted molar refractivity (Wildman–Crippen MR) is 84.1 cm³/mol. The molecule has 0 aliphatic heterocycles. The molecule has 4 nitrogen and oxygen atoms in total. The summed E-state index contributed by atoms with van der Waals surface area (Å²) in [6.45, 7) is 5.95. The van der Waals surface area contributed by atoms with Crippen molar-refractivity contribution in [1.82, 2.24) is 5.32 Å². The van der Waals surface area contributed by atoms with E-state index in [1.807, 2.05) is 63.2 Å². The quantitative estimate of drug-likeness (QED) is 0.852. The minimum Gasteiger partial charge on any atom is -0.465 e. The lowest BCUT2D eigenvalue weighted by Gasteiger charge is -2.18. The van der Waals surface area contributed by atoms with E-state index >= 15 is 0 Å². The van der Waals surface area contributed by atoms with Crippen LogP contribution in [0.25, 0.3) is 0 Å². The summed E-state index contributed by atoms with van der Waals surface area (Å²) in [7, 11) is 0. The Morgan fingerprint density at radius 2 is 1.86 bits per heavy atom. The van der Waals surface area contributed by atoms with E-state index in [1.165, 1.54) is 0 Å². The zero-order valence-corrected chi connectivity index (χ0v) is 12.7. The van der Waals surface area contributed by atoms with Crippen LogP contribution in [0.5, 0.6) is 0 Å². The summed E-state index contributed by atoms with van der Waals surface area (Å²) in [6, 6.07) is 13.5. The first-order valence-corrected chi connectivity index (χ1v) is 7.22. The molecule has 2 aromatic rings. The Bertz CT molecular complexity index is 577. The van der Waals surface area contributed by atoms with E-state index in [2.05, 4.69) is 10.6 Å². The molecule has 0 saturated carbocycles. The molecule has 0 spiro atoms. The normalized spacial score (nSPS) is 13.7. The fourth-order valence-electron chi connectivity index (χ4n) is 2.27. The third kappa shape index (κ3) is 4.76. The molecule has 1 aromatic heterocycles. The fourth-order valence-corrected chi connectivity index (χ4v) is 2.27. The van der Waals surface area contributed by atoms with Crippen molar-refractivity contribution in [2.45, 2.75) is 39.3 Å². The molecule has 2 N–H and O–H groups in total. The number of carbonyl (C=O) groups excluding carboxylic acids is 1. The molecule has 4 heteroatoms. The molecule has 2 unspecified atom stereocenters. The molecular weight excluding hydrogens is 264 g/mol. The van der Waals surface area contributed by atoms with Crippen LogP contribution in [0.2, 0.25) is 0 Å². The van der Waals surface area contributed by atoms with E-state index in [4.69, 9.17) is 4.42 Å². The molecule has 21 heavy (non-hydrogen) atoms. The van der Waals surface area contributed by atoms with Gasteiger partial charge in [-0.3, -0.25) is 4.79 Å². The monoisotopic (exact) mass is 286 g/mol. The highest BCUT2D eigenvalue weighted by Gasteiger charge is 2.15. The lowest BCUT2D eigenvalue weighted by Crippen LogP contribution is -2.32. The van der Waals surface area contributed by atoms with Crippen molar-refractivity contribution in [3.63, 3.8) is 0 Å². The van der Waals surface area contributed by atoms with Gasteiger partial charge in [-0.05, 0) is 45.0 Å². The Labute approximate surface area is 125 Å². The number of benzene rings is 1. The van der Waals surface area contributed by atoms with E-state index in [0.717, 1.165) is 17.2 Å². The number of para-hydroxylation sites is 1. The van der Waals surface area contributed by atoms with E-state index < -0.39 is 0 Å². The number of amides is 1. The Kier molecular flexibility index (Phi) is 5.17. The van der Waals surface area contributed by atoms with Gasteiger partial charge >= 0.3 is 0 Å². The Morgan fingerprint density at radius 1 is 1.14 bits per heavy atom. The molecule has 1 heterocycles. The summed E-state index contributed by atoms with van der Waals surface area (Å²) >= 11 is 0. The summed E-state index contributed by atoms with van der Waals surface area (Å²) in [4.78, 5) is 12.0. The number of hydrogen-bond donors (Lipinski definition) is 2. The van der Waals surface area contributed by atoms with Gasteiger partial charge in [0.15, 0.2) is 0 Å². The summed E-state index contributed by atoms with van der Waals surface area (Å²) in [5.74, 6) is 1.79. The molecule has 2 rings (SSSR count). The number of anilines is 1. The van der Waals surface area contributed by atoms with Gasteiger partial charge in [-0.2, -0.15) is 0 Å². The highest BCUT2D eigenvalue weighted by atomic mass is 16.3. The van der Waals surface area contributed by atoms with Crippen molar-refractivity contribution in [2.24, 2.45) is 0 Å². The van der Waals surface area contributed by atoms with Gasteiger partial charge in [0.2, 0.25) is 5.91 Å². The second-order valence-corrected chi connectivity index (χ2v) is 5.36. The SMILES string of the molecule is Cc1ccc(C(C)NC(C)CC(=O)Nc2ccccc2)o1. The highest BCUT2D eigenvalue weighted by molar-refractivity contribution is 5.90. The van der Waals surface area contributed by atoms with Gasteiger partial charge in [0.05, 0.1) is 6.04 Å².